The molecular weight excluding hydrogens is 270 g/mol. The van der Waals surface area contributed by atoms with Crippen molar-refractivity contribution in [2.75, 3.05) is 19.7 Å². The summed E-state index contributed by atoms with van der Waals surface area (Å²) in [7, 11) is 0. The minimum atomic E-state index is -0.561. The van der Waals surface area contributed by atoms with Crippen LogP contribution in [0.1, 0.15) is 31.3 Å². The lowest BCUT2D eigenvalue weighted by Crippen LogP contribution is -2.34. The Kier molecular flexibility index (Phi) is 5.52. The highest BCUT2D eigenvalue weighted by Crippen LogP contribution is 2.15. The predicted molar refractivity (Wildman–Crippen MR) is 76.8 cm³/mol. The highest BCUT2D eigenvalue weighted by Gasteiger charge is 2.15. The number of rotatable bonds is 3. The Morgan fingerprint density at radius 2 is 2.19 bits per heavy atom. The summed E-state index contributed by atoms with van der Waals surface area (Å²) < 4.78 is 10.6. The number of nitrogens with one attached hydrogen (secondary N) is 1. The van der Waals surface area contributed by atoms with Gasteiger partial charge in [0.05, 0.1) is 6.61 Å². The molecule has 0 atom stereocenters. The van der Waals surface area contributed by atoms with E-state index in [1.165, 1.54) is 0 Å². The largest absolute Gasteiger partial charge is 0.474 e. The van der Waals surface area contributed by atoms with Crippen molar-refractivity contribution < 1.29 is 14.3 Å². The van der Waals surface area contributed by atoms with E-state index in [2.05, 4.69) is 27.1 Å². The maximum absolute atomic E-state index is 11.2. The second-order valence-corrected chi connectivity index (χ2v) is 4.68. The van der Waals surface area contributed by atoms with Crippen LogP contribution in [-0.2, 0) is 9.53 Å². The van der Waals surface area contributed by atoms with Gasteiger partial charge in [0.1, 0.15) is 17.6 Å². The van der Waals surface area contributed by atoms with Crippen molar-refractivity contribution in [3.63, 3.8) is 0 Å². The molecule has 1 aromatic heterocycles. The van der Waals surface area contributed by atoms with Crippen LogP contribution in [0.4, 0.5) is 0 Å². The van der Waals surface area contributed by atoms with Gasteiger partial charge in [-0.3, -0.25) is 0 Å². The minimum absolute atomic E-state index is 0.159. The topological polar surface area (TPSA) is 73.3 Å². The third-order valence-corrected chi connectivity index (χ3v) is 2.96. The Morgan fingerprint density at radius 3 is 2.90 bits per heavy atom. The van der Waals surface area contributed by atoms with Gasteiger partial charge in [-0.2, -0.15) is 4.98 Å². The SMILES string of the molecule is CCOC(=O)C#Cc1cc(OC2CCNCC2)nc(C)n1. The smallest absolute Gasteiger partial charge is 0.384 e. The van der Waals surface area contributed by atoms with Gasteiger partial charge in [0.2, 0.25) is 5.88 Å². The minimum Gasteiger partial charge on any atom is -0.474 e. The van der Waals surface area contributed by atoms with Gasteiger partial charge in [-0.05, 0) is 45.7 Å². The molecule has 6 nitrogen and oxygen atoms in total. The van der Waals surface area contributed by atoms with E-state index in [9.17, 15) is 4.79 Å². The Balaban J connectivity index is 2.07. The van der Waals surface area contributed by atoms with Crippen molar-refractivity contribution in [2.45, 2.75) is 32.8 Å². The summed E-state index contributed by atoms with van der Waals surface area (Å²) in [6.07, 6.45) is 2.06. The average molecular weight is 289 g/mol. The first-order valence-electron chi connectivity index (χ1n) is 7.09. The maximum Gasteiger partial charge on any atom is 0.384 e. The number of esters is 1. The molecule has 0 amide bonds. The van der Waals surface area contributed by atoms with Crippen molar-refractivity contribution in [2.24, 2.45) is 0 Å². The van der Waals surface area contributed by atoms with Gasteiger partial charge in [0.25, 0.3) is 0 Å². The Bertz CT molecular complexity index is 557. The molecule has 112 valence electrons. The Hall–Kier alpha value is -2.13. The molecule has 0 bridgehead atoms. The van der Waals surface area contributed by atoms with Gasteiger partial charge in [0.15, 0.2) is 0 Å². The fraction of sp³-hybridized carbons (Fsp3) is 0.533. The van der Waals surface area contributed by atoms with Crippen LogP contribution in [0.25, 0.3) is 0 Å². The molecule has 0 saturated carbocycles. The number of aryl methyl sites for hydroxylation is 1. The van der Waals surface area contributed by atoms with E-state index in [-0.39, 0.29) is 6.10 Å². The second-order valence-electron chi connectivity index (χ2n) is 4.68. The molecule has 1 N–H and O–H groups in total. The Morgan fingerprint density at radius 1 is 1.43 bits per heavy atom. The molecular formula is C15H19N3O3. The standard InChI is InChI=1S/C15H19N3O3/c1-3-20-15(19)5-4-12-10-14(18-11(2)17-12)21-13-6-8-16-9-7-13/h10,13,16H,3,6-9H2,1-2H3. The predicted octanol–water partition coefficient (Wildman–Crippen LogP) is 0.830. The molecule has 1 aromatic rings. The second kappa shape index (κ2) is 7.60. The highest BCUT2D eigenvalue weighted by atomic mass is 16.5. The van der Waals surface area contributed by atoms with E-state index in [0.29, 0.717) is 24.0 Å². The number of hydrogen-bond acceptors (Lipinski definition) is 6. The van der Waals surface area contributed by atoms with Crippen molar-refractivity contribution >= 4 is 5.97 Å². The number of carbonyl (C=O) groups is 1. The molecule has 1 aliphatic heterocycles. The van der Waals surface area contributed by atoms with Crippen LogP contribution in [0.5, 0.6) is 5.88 Å². The summed E-state index contributed by atoms with van der Waals surface area (Å²) in [6, 6.07) is 1.65. The number of nitrogens with zero attached hydrogens (tertiary/aromatic N) is 2. The van der Waals surface area contributed by atoms with E-state index < -0.39 is 5.97 Å². The molecule has 0 spiro atoms. The summed E-state index contributed by atoms with van der Waals surface area (Å²) in [5.41, 5.74) is 0.458. The third kappa shape index (κ3) is 5.04. The van der Waals surface area contributed by atoms with Gasteiger partial charge in [-0.25, -0.2) is 9.78 Å². The first-order valence-corrected chi connectivity index (χ1v) is 7.09. The van der Waals surface area contributed by atoms with Crippen LogP contribution in [-0.4, -0.2) is 41.7 Å². The monoisotopic (exact) mass is 289 g/mol. The lowest BCUT2D eigenvalue weighted by Gasteiger charge is -2.23. The summed E-state index contributed by atoms with van der Waals surface area (Å²) in [6.45, 7) is 5.71. The van der Waals surface area contributed by atoms with Gasteiger partial charge < -0.3 is 14.8 Å². The first kappa shape index (κ1) is 15.3. The number of carbonyl (C=O) groups excluding carboxylic acids is 1. The van der Waals surface area contributed by atoms with E-state index in [1.54, 1.807) is 19.9 Å². The normalized spacial score (nSPS) is 15.0. The molecule has 0 aliphatic carbocycles. The zero-order valence-corrected chi connectivity index (χ0v) is 12.3. The molecule has 1 saturated heterocycles. The van der Waals surface area contributed by atoms with Gasteiger partial charge in [0, 0.05) is 12.0 Å². The molecule has 6 heteroatoms. The average Bonchev–Trinajstić information content (AvgIpc) is 2.46. The lowest BCUT2D eigenvalue weighted by molar-refractivity contribution is -0.136. The molecule has 1 fully saturated rings. The lowest BCUT2D eigenvalue weighted by atomic mass is 10.1. The number of ether oxygens (including phenoxy) is 2. The van der Waals surface area contributed by atoms with E-state index in [4.69, 9.17) is 9.47 Å². The third-order valence-electron chi connectivity index (χ3n) is 2.96. The molecule has 0 radical (unpaired) electrons. The maximum atomic E-state index is 11.2. The van der Waals surface area contributed by atoms with E-state index in [1.807, 2.05) is 0 Å². The first-order chi connectivity index (χ1) is 10.2. The number of aromatic nitrogens is 2. The fourth-order valence-corrected chi connectivity index (χ4v) is 2.03. The zero-order valence-electron chi connectivity index (χ0n) is 12.3. The van der Waals surface area contributed by atoms with Gasteiger partial charge in [-0.1, -0.05) is 0 Å². The van der Waals surface area contributed by atoms with Gasteiger partial charge in [-0.15, -0.1) is 0 Å². The van der Waals surface area contributed by atoms with Crippen LogP contribution < -0.4 is 10.1 Å². The zero-order chi connectivity index (χ0) is 15.1. The quantitative estimate of drug-likeness (QED) is 0.656. The summed E-state index contributed by atoms with van der Waals surface area (Å²) in [5.74, 6) is 5.58. The fourth-order valence-electron chi connectivity index (χ4n) is 2.03. The van der Waals surface area contributed by atoms with Crippen LogP contribution >= 0.6 is 0 Å². The van der Waals surface area contributed by atoms with Crippen molar-refractivity contribution in [3.8, 4) is 17.7 Å². The van der Waals surface area contributed by atoms with Gasteiger partial charge >= 0.3 is 5.97 Å². The summed E-state index contributed by atoms with van der Waals surface area (Å²) in [5, 5.41) is 3.28. The van der Waals surface area contributed by atoms with Crippen LogP contribution in [0.3, 0.4) is 0 Å². The molecule has 1 aliphatic rings. The summed E-state index contributed by atoms with van der Waals surface area (Å²) >= 11 is 0. The Labute approximate surface area is 124 Å². The summed E-state index contributed by atoms with van der Waals surface area (Å²) in [4.78, 5) is 19.7. The van der Waals surface area contributed by atoms with Crippen molar-refractivity contribution in [3.05, 3.63) is 17.6 Å². The van der Waals surface area contributed by atoms with Crippen LogP contribution in [0.15, 0.2) is 6.07 Å². The highest BCUT2D eigenvalue weighted by molar-refractivity contribution is 5.89. The van der Waals surface area contributed by atoms with Crippen molar-refractivity contribution in [1.29, 1.82) is 0 Å². The molecule has 2 rings (SSSR count). The number of piperidine rings is 1. The molecule has 0 aromatic carbocycles. The van der Waals surface area contributed by atoms with Crippen LogP contribution in [0.2, 0.25) is 0 Å². The van der Waals surface area contributed by atoms with Crippen LogP contribution in [0, 0.1) is 18.8 Å². The van der Waals surface area contributed by atoms with E-state index >= 15 is 0 Å². The van der Waals surface area contributed by atoms with Crippen molar-refractivity contribution in [1.82, 2.24) is 15.3 Å². The van der Waals surface area contributed by atoms with E-state index in [0.717, 1.165) is 25.9 Å². The molecule has 2 heterocycles. The molecule has 21 heavy (non-hydrogen) atoms. The number of hydrogen-bond donors (Lipinski definition) is 1. The molecule has 0 unspecified atom stereocenters.